The second kappa shape index (κ2) is 7.23. The molecule has 1 aromatic heterocycles. The van der Waals surface area contributed by atoms with E-state index < -0.39 is 0 Å². The van der Waals surface area contributed by atoms with Crippen LogP contribution in [0, 0.1) is 6.92 Å². The molecule has 24 heavy (non-hydrogen) atoms. The van der Waals surface area contributed by atoms with Gasteiger partial charge in [0.15, 0.2) is 0 Å². The number of rotatable bonds is 5. The number of hydrogen-bond acceptors (Lipinski definition) is 6. The minimum absolute atomic E-state index is 0.504. The van der Waals surface area contributed by atoms with Gasteiger partial charge in [-0.2, -0.15) is 0 Å². The number of piperazine rings is 1. The maximum Gasteiger partial charge on any atom is 0.230 e. The van der Waals surface area contributed by atoms with Gasteiger partial charge in [0.2, 0.25) is 5.89 Å². The van der Waals surface area contributed by atoms with Gasteiger partial charge in [0, 0.05) is 32.2 Å². The first kappa shape index (κ1) is 16.8. The van der Waals surface area contributed by atoms with Gasteiger partial charge in [-0.15, -0.1) is 0 Å². The molecule has 1 fully saturated rings. The molecule has 0 spiro atoms. The Kier molecular flexibility index (Phi) is 5.06. The van der Waals surface area contributed by atoms with Crippen LogP contribution in [0.1, 0.15) is 18.4 Å². The molecular formula is C18H25N3O3. The molecule has 0 amide bonds. The Hall–Kier alpha value is -2.05. The molecule has 2 heterocycles. The third-order valence-corrected chi connectivity index (χ3v) is 4.36. The monoisotopic (exact) mass is 331 g/mol. The van der Waals surface area contributed by atoms with E-state index in [0.29, 0.717) is 11.9 Å². The number of methoxy groups -OCH3 is 2. The topological polar surface area (TPSA) is 59.8 Å². The first-order valence-electron chi connectivity index (χ1n) is 8.25. The second-order valence-electron chi connectivity index (χ2n) is 6.18. The van der Waals surface area contributed by atoms with Crippen molar-refractivity contribution in [2.75, 3.05) is 33.9 Å². The number of nitrogens with zero attached hydrogens (tertiary/aromatic N) is 2. The van der Waals surface area contributed by atoms with Crippen molar-refractivity contribution in [1.82, 2.24) is 15.2 Å². The zero-order valence-corrected chi connectivity index (χ0v) is 14.8. The van der Waals surface area contributed by atoms with Crippen LogP contribution in [0.4, 0.5) is 0 Å². The van der Waals surface area contributed by atoms with Gasteiger partial charge in [0.25, 0.3) is 0 Å². The Bertz CT molecular complexity index is 699. The molecule has 1 N–H and O–H groups in total. The average Bonchev–Trinajstić information content (AvgIpc) is 2.95. The van der Waals surface area contributed by atoms with Crippen LogP contribution in [0.2, 0.25) is 0 Å². The van der Waals surface area contributed by atoms with E-state index in [1.165, 1.54) is 0 Å². The number of benzene rings is 1. The summed E-state index contributed by atoms with van der Waals surface area (Å²) in [5.41, 5.74) is 1.78. The molecule has 130 valence electrons. The number of nitrogens with one attached hydrogen (secondary N) is 1. The van der Waals surface area contributed by atoms with Crippen LogP contribution >= 0.6 is 0 Å². The number of aryl methyl sites for hydroxylation is 1. The van der Waals surface area contributed by atoms with Gasteiger partial charge >= 0.3 is 0 Å². The molecule has 3 rings (SSSR count). The molecule has 0 radical (unpaired) electrons. The van der Waals surface area contributed by atoms with Crippen LogP contribution < -0.4 is 14.8 Å². The molecule has 1 saturated heterocycles. The fourth-order valence-electron chi connectivity index (χ4n) is 3.04. The Morgan fingerprint density at radius 2 is 2.17 bits per heavy atom. The Labute approximate surface area is 142 Å². The molecule has 0 bridgehead atoms. The Morgan fingerprint density at radius 3 is 2.88 bits per heavy atom. The number of hydrogen-bond donors (Lipinski definition) is 1. The van der Waals surface area contributed by atoms with Crippen molar-refractivity contribution in [3.05, 3.63) is 29.7 Å². The highest BCUT2D eigenvalue weighted by Gasteiger charge is 2.21. The highest BCUT2D eigenvalue weighted by Crippen LogP contribution is 2.34. The molecular weight excluding hydrogens is 306 g/mol. The van der Waals surface area contributed by atoms with Crippen LogP contribution in [-0.4, -0.2) is 49.8 Å². The maximum absolute atomic E-state index is 5.92. The van der Waals surface area contributed by atoms with Crippen molar-refractivity contribution in [1.29, 1.82) is 0 Å². The molecule has 1 aliphatic rings. The SMILES string of the molecule is COc1ccc(OC)c(-c2nc(CN3CCNC(C)C3)c(C)o2)c1. The summed E-state index contributed by atoms with van der Waals surface area (Å²) in [6, 6.07) is 6.12. The van der Waals surface area contributed by atoms with E-state index in [0.717, 1.165) is 54.7 Å². The Balaban J connectivity index is 1.86. The van der Waals surface area contributed by atoms with Crippen molar-refractivity contribution in [2.24, 2.45) is 0 Å². The third kappa shape index (κ3) is 3.55. The van der Waals surface area contributed by atoms with Crippen molar-refractivity contribution < 1.29 is 13.9 Å². The van der Waals surface area contributed by atoms with E-state index in [4.69, 9.17) is 18.9 Å². The highest BCUT2D eigenvalue weighted by molar-refractivity contribution is 5.65. The largest absolute Gasteiger partial charge is 0.497 e. The minimum Gasteiger partial charge on any atom is -0.497 e. The zero-order chi connectivity index (χ0) is 17.1. The predicted octanol–water partition coefficient (Wildman–Crippen LogP) is 2.46. The molecule has 0 saturated carbocycles. The normalized spacial score (nSPS) is 18.6. The van der Waals surface area contributed by atoms with Crippen molar-refractivity contribution in [2.45, 2.75) is 26.4 Å². The van der Waals surface area contributed by atoms with Crippen molar-refractivity contribution >= 4 is 0 Å². The van der Waals surface area contributed by atoms with Crippen LogP contribution in [0.3, 0.4) is 0 Å². The lowest BCUT2D eigenvalue weighted by molar-refractivity contribution is 0.197. The van der Waals surface area contributed by atoms with Crippen LogP contribution in [0.25, 0.3) is 11.5 Å². The molecule has 2 aromatic rings. The first-order chi connectivity index (χ1) is 11.6. The van der Waals surface area contributed by atoms with E-state index in [9.17, 15) is 0 Å². The second-order valence-corrected chi connectivity index (χ2v) is 6.18. The fraction of sp³-hybridized carbons (Fsp3) is 0.500. The van der Waals surface area contributed by atoms with Gasteiger partial charge < -0.3 is 19.2 Å². The number of aromatic nitrogens is 1. The quantitative estimate of drug-likeness (QED) is 0.908. The smallest absolute Gasteiger partial charge is 0.230 e. The average molecular weight is 331 g/mol. The van der Waals surface area contributed by atoms with E-state index in [1.54, 1.807) is 14.2 Å². The summed E-state index contributed by atoms with van der Waals surface area (Å²) in [6.45, 7) is 8.01. The Morgan fingerprint density at radius 1 is 1.33 bits per heavy atom. The van der Waals surface area contributed by atoms with E-state index >= 15 is 0 Å². The highest BCUT2D eigenvalue weighted by atomic mass is 16.5. The van der Waals surface area contributed by atoms with Gasteiger partial charge in [-0.05, 0) is 32.0 Å². The summed E-state index contributed by atoms with van der Waals surface area (Å²) in [5, 5.41) is 3.46. The predicted molar refractivity (Wildman–Crippen MR) is 92.5 cm³/mol. The zero-order valence-electron chi connectivity index (χ0n) is 14.8. The number of ether oxygens (including phenoxy) is 2. The first-order valence-corrected chi connectivity index (χ1v) is 8.25. The van der Waals surface area contributed by atoms with Gasteiger partial charge in [0.05, 0.1) is 25.5 Å². The third-order valence-electron chi connectivity index (χ3n) is 4.36. The summed E-state index contributed by atoms with van der Waals surface area (Å²) in [4.78, 5) is 7.12. The molecule has 1 aliphatic heterocycles. The van der Waals surface area contributed by atoms with E-state index in [-0.39, 0.29) is 0 Å². The van der Waals surface area contributed by atoms with E-state index in [1.807, 2.05) is 25.1 Å². The van der Waals surface area contributed by atoms with Crippen molar-refractivity contribution in [3.63, 3.8) is 0 Å². The molecule has 0 aliphatic carbocycles. The molecule has 6 nitrogen and oxygen atoms in total. The minimum atomic E-state index is 0.504. The lowest BCUT2D eigenvalue weighted by Gasteiger charge is -2.31. The summed E-state index contributed by atoms with van der Waals surface area (Å²) in [6.07, 6.45) is 0. The standard InChI is InChI=1S/C18H25N3O3/c1-12-10-21(8-7-19-12)11-16-13(2)24-18(20-16)15-9-14(22-3)5-6-17(15)23-4/h5-6,9,12,19H,7-8,10-11H2,1-4H3. The fourth-order valence-corrected chi connectivity index (χ4v) is 3.04. The molecule has 1 aromatic carbocycles. The summed E-state index contributed by atoms with van der Waals surface area (Å²) >= 11 is 0. The lowest BCUT2D eigenvalue weighted by atomic mass is 10.2. The van der Waals surface area contributed by atoms with Crippen molar-refractivity contribution in [3.8, 4) is 23.0 Å². The van der Waals surface area contributed by atoms with Crippen LogP contribution in [0.5, 0.6) is 11.5 Å². The van der Waals surface area contributed by atoms with Gasteiger partial charge in [0.1, 0.15) is 17.3 Å². The summed E-state index contributed by atoms with van der Waals surface area (Å²) < 4.78 is 16.7. The van der Waals surface area contributed by atoms with E-state index in [2.05, 4.69) is 17.1 Å². The van der Waals surface area contributed by atoms with Crippen LogP contribution in [0.15, 0.2) is 22.6 Å². The van der Waals surface area contributed by atoms with Gasteiger partial charge in [-0.1, -0.05) is 0 Å². The summed E-state index contributed by atoms with van der Waals surface area (Å²) in [7, 11) is 3.29. The lowest BCUT2D eigenvalue weighted by Crippen LogP contribution is -2.48. The summed E-state index contributed by atoms with van der Waals surface area (Å²) in [5.74, 6) is 2.89. The van der Waals surface area contributed by atoms with Crippen LogP contribution in [-0.2, 0) is 6.54 Å². The maximum atomic E-state index is 5.92. The number of oxazole rings is 1. The molecule has 1 atom stereocenters. The molecule has 6 heteroatoms. The van der Waals surface area contributed by atoms with Gasteiger partial charge in [-0.3, -0.25) is 4.90 Å². The van der Waals surface area contributed by atoms with Gasteiger partial charge in [-0.25, -0.2) is 4.98 Å². The molecule has 1 unspecified atom stereocenters.